The molecule has 7 nitrogen and oxygen atoms in total. The van der Waals surface area contributed by atoms with Crippen LogP contribution in [-0.4, -0.2) is 49.7 Å². The molecule has 15 heavy (non-hydrogen) atoms. The molecule has 1 saturated heterocycles. The quantitative estimate of drug-likeness (QED) is 0.678. The van der Waals surface area contributed by atoms with Crippen LogP contribution in [0.15, 0.2) is 12.4 Å². The van der Waals surface area contributed by atoms with Gasteiger partial charge in [0.1, 0.15) is 0 Å². The lowest BCUT2D eigenvalue weighted by Gasteiger charge is -2.20. The van der Waals surface area contributed by atoms with Crippen LogP contribution in [0.1, 0.15) is 6.42 Å². The van der Waals surface area contributed by atoms with E-state index in [0.717, 1.165) is 0 Å². The summed E-state index contributed by atoms with van der Waals surface area (Å²) in [6, 6.07) is -0.202. The molecule has 3 N–H and O–H groups in total. The van der Waals surface area contributed by atoms with Crippen LogP contribution < -0.4 is 5.73 Å². The Morgan fingerprint density at radius 1 is 1.53 bits per heavy atom. The molecule has 2 atom stereocenters. The molecule has 7 heteroatoms. The number of aromatic nitrogens is 3. The molecule has 1 aliphatic rings. The molecule has 1 aromatic rings. The van der Waals surface area contributed by atoms with Crippen LogP contribution in [0.3, 0.4) is 0 Å². The number of rotatable bonds is 2. The number of carbonyl (C=O) groups is 1. The zero-order chi connectivity index (χ0) is 10.8. The van der Waals surface area contributed by atoms with Crippen molar-refractivity contribution in [2.24, 2.45) is 5.73 Å². The van der Waals surface area contributed by atoms with Crippen molar-refractivity contribution >= 4 is 6.09 Å². The number of likely N-dealkylation sites (tertiary alicyclic amines) is 1. The van der Waals surface area contributed by atoms with Gasteiger partial charge in [0.2, 0.25) is 0 Å². The minimum absolute atomic E-state index is 0.0818. The second-order valence-electron chi connectivity index (χ2n) is 3.67. The Kier molecular flexibility index (Phi) is 2.55. The van der Waals surface area contributed by atoms with E-state index in [1.165, 1.54) is 9.70 Å². The van der Waals surface area contributed by atoms with Gasteiger partial charge < -0.3 is 15.7 Å². The highest BCUT2D eigenvalue weighted by atomic mass is 16.4. The third-order valence-electron chi connectivity index (χ3n) is 2.53. The molecule has 0 bridgehead atoms. The molecular formula is C8H13N5O2. The summed E-state index contributed by atoms with van der Waals surface area (Å²) in [5.74, 6) is 0. The molecule has 2 heterocycles. The number of amides is 1. The molecule has 0 radical (unpaired) electrons. The highest BCUT2D eigenvalue weighted by molar-refractivity contribution is 5.66. The van der Waals surface area contributed by atoms with Crippen LogP contribution in [0.2, 0.25) is 0 Å². The standard InChI is InChI=1S/C8H13N5O2/c9-6-3-7(12(4-6)8(14)15)5-13-10-1-2-11-13/h1-2,6-7H,3-5,9H2,(H,14,15)/t6-,7+/m1/s1. The van der Waals surface area contributed by atoms with Crippen LogP contribution in [0, 0.1) is 0 Å². The maximum atomic E-state index is 10.9. The van der Waals surface area contributed by atoms with E-state index < -0.39 is 6.09 Å². The highest BCUT2D eigenvalue weighted by Gasteiger charge is 2.33. The van der Waals surface area contributed by atoms with Crippen LogP contribution in [-0.2, 0) is 6.54 Å². The Bertz CT molecular complexity index is 339. The average molecular weight is 211 g/mol. The molecule has 1 aromatic heterocycles. The molecule has 0 unspecified atom stereocenters. The largest absolute Gasteiger partial charge is 0.465 e. The third-order valence-corrected chi connectivity index (χ3v) is 2.53. The highest BCUT2D eigenvalue weighted by Crippen LogP contribution is 2.17. The van der Waals surface area contributed by atoms with Crippen molar-refractivity contribution in [1.29, 1.82) is 0 Å². The first-order chi connectivity index (χ1) is 7.16. The van der Waals surface area contributed by atoms with E-state index in [1.54, 1.807) is 12.4 Å². The van der Waals surface area contributed by atoms with Crippen molar-refractivity contribution in [1.82, 2.24) is 19.9 Å². The number of nitrogens with two attached hydrogens (primary N) is 1. The van der Waals surface area contributed by atoms with Crippen LogP contribution in [0.25, 0.3) is 0 Å². The van der Waals surface area contributed by atoms with E-state index in [9.17, 15) is 4.79 Å². The molecule has 1 aliphatic heterocycles. The summed E-state index contributed by atoms with van der Waals surface area (Å²) in [6.07, 6.45) is 2.87. The Morgan fingerprint density at radius 3 is 2.80 bits per heavy atom. The van der Waals surface area contributed by atoms with E-state index in [0.29, 0.717) is 19.5 Å². The molecule has 0 saturated carbocycles. The van der Waals surface area contributed by atoms with Gasteiger partial charge in [0.25, 0.3) is 0 Å². The number of hydrogen-bond donors (Lipinski definition) is 2. The van der Waals surface area contributed by atoms with E-state index >= 15 is 0 Å². The predicted octanol–water partition coefficient (Wildman–Crippen LogP) is -0.642. The second kappa shape index (κ2) is 3.85. The maximum absolute atomic E-state index is 10.9. The zero-order valence-corrected chi connectivity index (χ0v) is 8.15. The van der Waals surface area contributed by atoms with Crippen LogP contribution in [0.4, 0.5) is 4.79 Å². The Morgan fingerprint density at radius 2 is 2.20 bits per heavy atom. The first-order valence-electron chi connectivity index (χ1n) is 4.76. The summed E-state index contributed by atoms with van der Waals surface area (Å²) in [7, 11) is 0. The normalized spacial score (nSPS) is 25.8. The van der Waals surface area contributed by atoms with E-state index in [1.807, 2.05) is 0 Å². The second-order valence-corrected chi connectivity index (χ2v) is 3.67. The van der Waals surface area contributed by atoms with E-state index in [4.69, 9.17) is 10.8 Å². The molecule has 82 valence electrons. The van der Waals surface area contributed by atoms with E-state index in [2.05, 4.69) is 10.2 Å². The zero-order valence-electron chi connectivity index (χ0n) is 8.15. The van der Waals surface area contributed by atoms with Crippen molar-refractivity contribution in [3.8, 4) is 0 Å². The van der Waals surface area contributed by atoms with Gasteiger partial charge >= 0.3 is 6.09 Å². The molecule has 1 amide bonds. The van der Waals surface area contributed by atoms with Crippen molar-refractivity contribution in [2.45, 2.75) is 25.0 Å². The monoisotopic (exact) mass is 211 g/mol. The molecule has 0 aliphatic carbocycles. The van der Waals surface area contributed by atoms with Gasteiger partial charge in [0.05, 0.1) is 25.0 Å². The number of hydrogen-bond acceptors (Lipinski definition) is 4. The van der Waals surface area contributed by atoms with Gasteiger partial charge in [0, 0.05) is 12.6 Å². The van der Waals surface area contributed by atoms with Gasteiger partial charge in [-0.2, -0.15) is 15.0 Å². The first kappa shape index (κ1) is 9.91. The lowest BCUT2D eigenvalue weighted by Crippen LogP contribution is -2.38. The molecular weight excluding hydrogens is 198 g/mol. The Labute approximate surface area is 86.5 Å². The summed E-state index contributed by atoms with van der Waals surface area (Å²) in [6.45, 7) is 0.855. The third kappa shape index (κ3) is 2.07. The van der Waals surface area contributed by atoms with Gasteiger partial charge in [-0.15, -0.1) is 0 Å². The average Bonchev–Trinajstić information content (AvgIpc) is 2.75. The minimum atomic E-state index is -0.930. The van der Waals surface area contributed by atoms with Crippen molar-refractivity contribution in [2.75, 3.05) is 6.54 Å². The van der Waals surface area contributed by atoms with Crippen molar-refractivity contribution in [3.05, 3.63) is 12.4 Å². The summed E-state index contributed by atoms with van der Waals surface area (Å²) in [5, 5.41) is 16.8. The lowest BCUT2D eigenvalue weighted by atomic mass is 10.2. The van der Waals surface area contributed by atoms with Gasteiger partial charge in [-0.05, 0) is 6.42 Å². The molecule has 2 rings (SSSR count). The fraction of sp³-hybridized carbons (Fsp3) is 0.625. The Balaban J connectivity index is 2.04. The summed E-state index contributed by atoms with van der Waals surface area (Å²) >= 11 is 0. The van der Waals surface area contributed by atoms with Gasteiger partial charge in [0.15, 0.2) is 0 Å². The van der Waals surface area contributed by atoms with Crippen molar-refractivity contribution in [3.63, 3.8) is 0 Å². The summed E-state index contributed by atoms with van der Waals surface area (Å²) in [5.41, 5.74) is 5.73. The maximum Gasteiger partial charge on any atom is 0.407 e. The fourth-order valence-corrected chi connectivity index (χ4v) is 1.89. The topological polar surface area (TPSA) is 97.3 Å². The SMILES string of the molecule is N[C@@H]1C[C@@H](Cn2nccn2)N(C(=O)O)C1. The van der Waals surface area contributed by atoms with E-state index in [-0.39, 0.29) is 12.1 Å². The predicted molar refractivity (Wildman–Crippen MR) is 51.1 cm³/mol. The Hall–Kier alpha value is -1.63. The molecule has 0 aromatic carbocycles. The first-order valence-corrected chi connectivity index (χ1v) is 4.76. The fourth-order valence-electron chi connectivity index (χ4n) is 1.89. The number of carboxylic acid groups (broad SMARTS) is 1. The van der Waals surface area contributed by atoms with Gasteiger partial charge in [-0.3, -0.25) is 0 Å². The number of nitrogens with zero attached hydrogens (tertiary/aromatic N) is 4. The lowest BCUT2D eigenvalue weighted by molar-refractivity contribution is 0.134. The summed E-state index contributed by atoms with van der Waals surface area (Å²) in [4.78, 5) is 13.7. The van der Waals surface area contributed by atoms with Crippen LogP contribution >= 0.6 is 0 Å². The molecule has 1 fully saturated rings. The van der Waals surface area contributed by atoms with Crippen molar-refractivity contribution < 1.29 is 9.90 Å². The van der Waals surface area contributed by atoms with Gasteiger partial charge in [-0.25, -0.2) is 4.79 Å². The molecule has 0 spiro atoms. The minimum Gasteiger partial charge on any atom is -0.465 e. The summed E-state index contributed by atoms with van der Waals surface area (Å²) < 4.78 is 0. The van der Waals surface area contributed by atoms with Gasteiger partial charge in [-0.1, -0.05) is 0 Å². The van der Waals surface area contributed by atoms with Crippen LogP contribution in [0.5, 0.6) is 0 Å². The smallest absolute Gasteiger partial charge is 0.407 e.